The lowest BCUT2D eigenvalue weighted by Crippen LogP contribution is -2.27. The van der Waals surface area contributed by atoms with Gasteiger partial charge in [-0.05, 0) is 55.4 Å². The quantitative estimate of drug-likeness (QED) is 0.813. The molecular formula is C16H26N2O2S. The van der Waals surface area contributed by atoms with Gasteiger partial charge in [0.05, 0.1) is 4.90 Å². The highest BCUT2D eigenvalue weighted by Crippen LogP contribution is 2.28. The van der Waals surface area contributed by atoms with Crippen LogP contribution in [0.4, 0.5) is 0 Å². The molecule has 0 saturated heterocycles. The Hall–Kier alpha value is -0.910. The second-order valence-electron chi connectivity index (χ2n) is 6.37. The predicted octanol–water partition coefficient (Wildman–Crippen LogP) is 2.49. The molecule has 2 N–H and O–H groups in total. The zero-order chi connectivity index (χ0) is 15.6. The molecule has 0 aromatic heterocycles. The Balaban J connectivity index is 2.23. The molecule has 0 radical (unpaired) electrons. The van der Waals surface area contributed by atoms with E-state index in [-0.39, 0.29) is 0 Å². The summed E-state index contributed by atoms with van der Waals surface area (Å²) in [4.78, 5) is 0.420. The van der Waals surface area contributed by atoms with E-state index >= 15 is 0 Å². The molecule has 1 aliphatic rings. The van der Waals surface area contributed by atoms with Crippen LogP contribution in [0, 0.1) is 19.8 Å². The molecule has 118 valence electrons. The van der Waals surface area contributed by atoms with Crippen molar-refractivity contribution in [3.05, 3.63) is 28.8 Å². The lowest BCUT2D eigenvalue weighted by molar-refractivity contribution is 0.574. The van der Waals surface area contributed by atoms with Gasteiger partial charge in [0.25, 0.3) is 0 Å². The molecule has 0 heterocycles. The summed E-state index contributed by atoms with van der Waals surface area (Å²) in [6.07, 6.45) is 2.28. The highest BCUT2D eigenvalue weighted by Gasteiger charge is 2.25. The second-order valence-corrected chi connectivity index (χ2v) is 8.10. The van der Waals surface area contributed by atoms with Gasteiger partial charge in [0.2, 0.25) is 10.0 Å². The van der Waals surface area contributed by atoms with E-state index in [9.17, 15) is 8.42 Å². The standard InChI is InChI=1S/C16H26N2O2S/c1-11(2)17-9-15-7-12(3)13(4)16(8-15)21(19,20)18-10-14-5-6-14/h7-8,11,14,17-18H,5-6,9-10H2,1-4H3. The van der Waals surface area contributed by atoms with E-state index in [1.807, 2.05) is 13.8 Å². The molecule has 0 bridgehead atoms. The number of aryl methyl sites for hydroxylation is 1. The second kappa shape index (κ2) is 6.46. The number of benzene rings is 1. The van der Waals surface area contributed by atoms with Crippen LogP contribution in [0.3, 0.4) is 0 Å². The maximum absolute atomic E-state index is 12.5. The summed E-state index contributed by atoms with van der Waals surface area (Å²) in [7, 11) is -3.41. The number of rotatable bonds is 7. The molecule has 5 heteroatoms. The number of sulfonamides is 1. The van der Waals surface area contributed by atoms with Gasteiger partial charge in [0.1, 0.15) is 0 Å². The summed E-state index contributed by atoms with van der Waals surface area (Å²) in [5.74, 6) is 0.534. The van der Waals surface area contributed by atoms with Crippen molar-refractivity contribution in [1.82, 2.24) is 10.0 Å². The Labute approximate surface area is 128 Å². The van der Waals surface area contributed by atoms with E-state index in [0.29, 0.717) is 29.9 Å². The smallest absolute Gasteiger partial charge is 0.240 e. The van der Waals surface area contributed by atoms with Gasteiger partial charge in [-0.2, -0.15) is 0 Å². The molecule has 1 saturated carbocycles. The fraction of sp³-hybridized carbons (Fsp3) is 0.625. The van der Waals surface area contributed by atoms with Crippen molar-refractivity contribution in [1.29, 1.82) is 0 Å². The minimum atomic E-state index is -3.41. The Bertz CT molecular complexity index is 605. The highest BCUT2D eigenvalue weighted by molar-refractivity contribution is 7.89. The van der Waals surface area contributed by atoms with Crippen LogP contribution < -0.4 is 10.0 Å². The summed E-state index contributed by atoms with van der Waals surface area (Å²) < 4.78 is 27.7. The van der Waals surface area contributed by atoms with E-state index < -0.39 is 10.0 Å². The monoisotopic (exact) mass is 310 g/mol. The summed E-state index contributed by atoms with van der Waals surface area (Å²) in [6.45, 7) is 9.25. The Morgan fingerprint density at radius 2 is 1.90 bits per heavy atom. The molecule has 1 aliphatic carbocycles. The molecule has 0 atom stereocenters. The summed E-state index contributed by atoms with van der Waals surface area (Å²) in [6, 6.07) is 4.23. The summed E-state index contributed by atoms with van der Waals surface area (Å²) in [5.41, 5.74) is 2.87. The van der Waals surface area contributed by atoms with Crippen LogP contribution in [-0.4, -0.2) is 21.0 Å². The molecule has 1 fully saturated rings. The lowest BCUT2D eigenvalue weighted by atomic mass is 10.1. The fourth-order valence-corrected chi connectivity index (χ4v) is 3.71. The minimum absolute atomic E-state index is 0.375. The van der Waals surface area contributed by atoms with E-state index in [4.69, 9.17) is 0 Å². The molecule has 4 nitrogen and oxygen atoms in total. The van der Waals surface area contributed by atoms with Crippen molar-refractivity contribution in [2.45, 2.75) is 58.0 Å². The van der Waals surface area contributed by atoms with E-state index in [2.05, 4.69) is 30.0 Å². The van der Waals surface area contributed by atoms with Gasteiger partial charge in [-0.3, -0.25) is 0 Å². The van der Waals surface area contributed by atoms with Crippen LogP contribution >= 0.6 is 0 Å². The first-order valence-corrected chi connectivity index (χ1v) is 9.11. The van der Waals surface area contributed by atoms with Crippen molar-refractivity contribution in [2.75, 3.05) is 6.54 Å². The maximum atomic E-state index is 12.5. The van der Waals surface area contributed by atoms with Gasteiger partial charge in [-0.25, -0.2) is 13.1 Å². The average molecular weight is 310 g/mol. The molecule has 0 spiro atoms. The van der Waals surface area contributed by atoms with Crippen molar-refractivity contribution in [3.63, 3.8) is 0 Å². The average Bonchev–Trinajstić information content (AvgIpc) is 3.21. The third-order valence-electron chi connectivity index (χ3n) is 3.94. The van der Waals surface area contributed by atoms with Gasteiger partial charge < -0.3 is 5.32 Å². The van der Waals surface area contributed by atoms with Crippen molar-refractivity contribution in [2.24, 2.45) is 5.92 Å². The lowest BCUT2D eigenvalue weighted by Gasteiger charge is -2.15. The third kappa shape index (κ3) is 4.53. The minimum Gasteiger partial charge on any atom is -0.310 e. The van der Waals surface area contributed by atoms with Crippen molar-refractivity contribution >= 4 is 10.0 Å². The fourth-order valence-electron chi connectivity index (χ4n) is 2.23. The van der Waals surface area contributed by atoms with Crippen LogP contribution in [0.25, 0.3) is 0 Å². The van der Waals surface area contributed by atoms with Gasteiger partial charge >= 0.3 is 0 Å². The Kier molecular flexibility index (Phi) is 5.07. The molecular weight excluding hydrogens is 284 g/mol. The first-order chi connectivity index (χ1) is 9.79. The highest BCUT2D eigenvalue weighted by atomic mass is 32.2. The van der Waals surface area contributed by atoms with Crippen LogP contribution in [0.5, 0.6) is 0 Å². The molecule has 1 aromatic carbocycles. The van der Waals surface area contributed by atoms with Crippen LogP contribution in [0.2, 0.25) is 0 Å². The molecule has 0 aliphatic heterocycles. The number of nitrogens with one attached hydrogen (secondary N) is 2. The van der Waals surface area contributed by atoms with Gasteiger partial charge in [-0.15, -0.1) is 0 Å². The first kappa shape index (κ1) is 16.5. The van der Waals surface area contributed by atoms with Crippen molar-refractivity contribution in [3.8, 4) is 0 Å². The Morgan fingerprint density at radius 1 is 1.24 bits per heavy atom. The Morgan fingerprint density at radius 3 is 2.48 bits per heavy atom. The van der Waals surface area contributed by atoms with Gasteiger partial charge in [-0.1, -0.05) is 19.9 Å². The summed E-state index contributed by atoms with van der Waals surface area (Å²) in [5, 5.41) is 3.33. The SMILES string of the molecule is Cc1cc(CNC(C)C)cc(S(=O)(=O)NCC2CC2)c1C. The van der Waals surface area contributed by atoms with Crippen molar-refractivity contribution < 1.29 is 8.42 Å². The molecule has 2 rings (SSSR count). The van der Waals surface area contributed by atoms with Crippen LogP contribution in [-0.2, 0) is 16.6 Å². The first-order valence-electron chi connectivity index (χ1n) is 7.63. The molecule has 0 amide bonds. The largest absolute Gasteiger partial charge is 0.310 e. The third-order valence-corrected chi connectivity index (χ3v) is 5.49. The van der Waals surface area contributed by atoms with E-state index in [0.717, 1.165) is 29.5 Å². The van der Waals surface area contributed by atoms with Crippen LogP contribution in [0.1, 0.15) is 43.4 Å². The molecule has 0 unspecified atom stereocenters. The number of hydrogen-bond donors (Lipinski definition) is 2. The van der Waals surface area contributed by atoms with Crippen LogP contribution in [0.15, 0.2) is 17.0 Å². The maximum Gasteiger partial charge on any atom is 0.240 e. The zero-order valence-electron chi connectivity index (χ0n) is 13.4. The normalized spacial score (nSPS) is 15.7. The predicted molar refractivity (Wildman–Crippen MR) is 85.8 cm³/mol. The van der Waals surface area contributed by atoms with E-state index in [1.165, 1.54) is 0 Å². The summed E-state index contributed by atoms with van der Waals surface area (Å²) >= 11 is 0. The topological polar surface area (TPSA) is 58.2 Å². The van der Waals surface area contributed by atoms with Gasteiger partial charge in [0.15, 0.2) is 0 Å². The van der Waals surface area contributed by atoms with E-state index in [1.54, 1.807) is 6.07 Å². The zero-order valence-corrected chi connectivity index (χ0v) is 14.2. The van der Waals surface area contributed by atoms with Gasteiger partial charge in [0, 0.05) is 19.1 Å². The molecule has 21 heavy (non-hydrogen) atoms. The number of hydrogen-bond acceptors (Lipinski definition) is 3. The molecule has 1 aromatic rings.